The molecule has 0 spiro atoms. The van der Waals surface area contributed by atoms with Crippen LogP contribution in [0.2, 0.25) is 0 Å². The summed E-state index contributed by atoms with van der Waals surface area (Å²) in [7, 11) is 0. The van der Waals surface area contributed by atoms with E-state index in [1.807, 2.05) is 12.1 Å². The summed E-state index contributed by atoms with van der Waals surface area (Å²) in [6.07, 6.45) is 2.09. The number of phenolic OH excluding ortho intramolecular Hbond substituents is 1. The Labute approximate surface area is 105 Å². The van der Waals surface area contributed by atoms with Crippen LogP contribution in [0.4, 0.5) is 0 Å². The van der Waals surface area contributed by atoms with Crippen LogP contribution in [-0.4, -0.2) is 17.6 Å². The summed E-state index contributed by atoms with van der Waals surface area (Å²) in [5, 5.41) is 12.4. The van der Waals surface area contributed by atoms with Crippen molar-refractivity contribution in [2.75, 3.05) is 6.54 Å². The number of aromatic hydroxyl groups is 1. The Kier molecular flexibility index (Phi) is 3.67. The largest absolute Gasteiger partial charge is 0.508 e. The molecule has 0 unspecified atom stereocenters. The van der Waals surface area contributed by atoms with Gasteiger partial charge in [0, 0.05) is 6.54 Å². The first-order valence-electron chi connectivity index (χ1n) is 5.77. The molecule has 0 aliphatic heterocycles. The van der Waals surface area contributed by atoms with E-state index in [0.717, 1.165) is 5.56 Å². The van der Waals surface area contributed by atoms with Crippen LogP contribution >= 0.6 is 0 Å². The number of carbonyl (C=O) groups excluding carboxylic acids is 1. The quantitative estimate of drug-likeness (QED) is 0.868. The normalized spacial score (nSPS) is 10.3. The lowest BCUT2D eigenvalue weighted by Gasteiger charge is -2.06. The molecule has 2 rings (SSSR count). The predicted octanol–water partition coefficient (Wildman–Crippen LogP) is 2.27. The van der Waals surface area contributed by atoms with E-state index in [1.165, 1.54) is 6.26 Å². The summed E-state index contributed by atoms with van der Waals surface area (Å²) < 4.78 is 5.07. The Hall–Kier alpha value is -2.23. The van der Waals surface area contributed by atoms with Crippen LogP contribution in [0.3, 0.4) is 0 Å². The molecule has 0 radical (unpaired) electrons. The fourth-order valence-electron chi connectivity index (χ4n) is 1.75. The first-order chi connectivity index (χ1) is 8.68. The minimum absolute atomic E-state index is 0.156. The number of carbonyl (C=O) groups is 1. The van der Waals surface area contributed by atoms with Gasteiger partial charge in [-0.25, -0.2) is 0 Å². The maximum atomic E-state index is 11.8. The predicted molar refractivity (Wildman–Crippen MR) is 67.6 cm³/mol. The van der Waals surface area contributed by atoms with Crippen LogP contribution in [0.25, 0.3) is 0 Å². The second kappa shape index (κ2) is 5.40. The molecule has 0 aliphatic rings. The van der Waals surface area contributed by atoms with Crippen molar-refractivity contribution in [1.29, 1.82) is 0 Å². The zero-order valence-electron chi connectivity index (χ0n) is 10.1. The SMILES string of the molecule is Cc1occc1C(=O)NCCc1ccccc1O. The smallest absolute Gasteiger partial charge is 0.254 e. The molecule has 4 nitrogen and oxygen atoms in total. The highest BCUT2D eigenvalue weighted by atomic mass is 16.3. The van der Waals surface area contributed by atoms with Crippen molar-refractivity contribution in [1.82, 2.24) is 5.32 Å². The minimum atomic E-state index is -0.156. The fourth-order valence-corrected chi connectivity index (χ4v) is 1.75. The van der Waals surface area contributed by atoms with E-state index in [0.29, 0.717) is 24.3 Å². The summed E-state index contributed by atoms with van der Waals surface area (Å²) in [6, 6.07) is 8.75. The summed E-state index contributed by atoms with van der Waals surface area (Å²) in [5.74, 6) is 0.706. The summed E-state index contributed by atoms with van der Waals surface area (Å²) in [6.45, 7) is 2.22. The van der Waals surface area contributed by atoms with Crippen molar-refractivity contribution in [2.24, 2.45) is 0 Å². The summed E-state index contributed by atoms with van der Waals surface area (Å²) >= 11 is 0. The van der Waals surface area contributed by atoms with Gasteiger partial charge in [-0.2, -0.15) is 0 Å². The van der Waals surface area contributed by atoms with Crippen molar-refractivity contribution in [2.45, 2.75) is 13.3 Å². The highest BCUT2D eigenvalue weighted by Crippen LogP contribution is 2.15. The fraction of sp³-hybridized carbons (Fsp3) is 0.214. The summed E-state index contributed by atoms with van der Waals surface area (Å²) in [5.41, 5.74) is 1.37. The van der Waals surface area contributed by atoms with E-state index in [4.69, 9.17) is 4.42 Å². The molecular formula is C14H15NO3. The van der Waals surface area contributed by atoms with Gasteiger partial charge in [-0.15, -0.1) is 0 Å². The average Bonchev–Trinajstić information content (AvgIpc) is 2.78. The summed E-state index contributed by atoms with van der Waals surface area (Å²) in [4.78, 5) is 11.8. The molecule has 18 heavy (non-hydrogen) atoms. The standard InChI is InChI=1S/C14H15NO3/c1-10-12(7-9-18-10)14(17)15-8-6-11-4-2-3-5-13(11)16/h2-5,7,9,16H,6,8H2,1H3,(H,15,17). The first-order valence-corrected chi connectivity index (χ1v) is 5.77. The Bertz CT molecular complexity index is 545. The average molecular weight is 245 g/mol. The van der Waals surface area contributed by atoms with Gasteiger partial charge in [0.1, 0.15) is 11.5 Å². The van der Waals surface area contributed by atoms with Crippen LogP contribution in [0.15, 0.2) is 41.0 Å². The van der Waals surface area contributed by atoms with E-state index < -0.39 is 0 Å². The van der Waals surface area contributed by atoms with Crippen molar-refractivity contribution in [3.63, 3.8) is 0 Å². The lowest BCUT2D eigenvalue weighted by molar-refractivity contribution is 0.0952. The van der Waals surface area contributed by atoms with E-state index >= 15 is 0 Å². The second-order valence-electron chi connectivity index (χ2n) is 4.03. The molecule has 1 aromatic heterocycles. The monoisotopic (exact) mass is 245 g/mol. The third-order valence-corrected chi connectivity index (χ3v) is 2.77. The van der Waals surface area contributed by atoms with Gasteiger partial charge < -0.3 is 14.8 Å². The molecule has 0 atom stereocenters. The van der Waals surface area contributed by atoms with Gasteiger partial charge in [0.15, 0.2) is 0 Å². The van der Waals surface area contributed by atoms with Gasteiger partial charge in [-0.1, -0.05) is 18.2 Å². The first kappa shape index (κ1) is 12.2. The van der Waals surface area contributed by atoms with E-state index in [1.54, 1.807) is 25.1 Å². The zero-order valence-corrected chi connectivity index (χ0v) is 10.1. The number of rotatable bonds is 4. The lowest BCUT2D eigenvalue weighted by Crippen LogP contribution is -2.25. The van der Waals surface area contributed by atoms with Crippen LogP contribution in [-0.2, 0) is 6.42 Å². The molecule has 94 valence electrons. The molecule has 0 bridgehead atoms. The van der Waals surface area contributed by atoms with Crippen molar-refractivity contribution >= 4 is 5.91 Å². The lowest BCUT2D eigenvalue weighted by atomic mass is 10.1. The van der Waals surface area contributed by atoms with Gasteiger partial charge in [0.05, 0.1) is 11.8 Å². The van der Waals surface area contributed by atoms with Gasteiger partial charge >= 0.3 is 0 Å². The van der Waals surface area contributed by atoms with Crippen molar-refractivity contribution in [3.8, 4) is 5.75 Å². The van der Waals surface area contributed by atoms with Gasteiger partial charge in [-0.05, 0) is 31.0 Å². The van der Waals surface area contributed by atoms with E-state index in [-0.39, 0.29) is 11.7 Å². The molecule has 1 heterocycles. The molecule has 1 aromatic carbocycles. The topological polar surface area (TPSA) is 62.5 Å². The molecular weight excluding hydrogens is 230 g/mol. The molecule has 0 fully saturated rings. The zero-order chi connectivity index (χ0) is 13.0. The van der Waals surface area contributed by atoms with Crippen LogP contribution in [0.5, 0.6) is 5.75 Å². The number of hydrogen-bond acceptors (Lipinski definition) is 3. The second-order valence-corrected chi connectivity index (χ2v) is 4.03. The van der Waals surface area contributed by atoms with Crippen LogP contribution in [0.1, 0.15) is 21.7 Å². The van der Waals surface area contributed by atoms with Crippen LogP contribution in [0, 0.1) is 6.92 Å². The van der Waals surface area contributed by atoms with Crippen molar-refractivity contribution in [3.05, 3.63) is 53.5 Å². The molecule has 2 N–H and O–H groups in total. The maximum Gasteiger partial charge on any atom is 0.254 e. The molecule has 0 saturated carbocycles. The van der Waals surface area contributed by atoms with Gasteiger partial charge in [0.25, 0.3) is 5.91 Å². The number of phenols is 1. The number of para-hydroxylation sites is 1. The number of nitrogens with one attached hydrogen (secondary N) is 1. The molecule has 0 saturated heterocycles. The van der Waals surface area contributed by atoms with Gasteiger partial charge in [-0.3, -0.25) is 4.79 Å². The van der Waals surface area contributed by atoms with E-state index in [9.17, 15) is 9.90 Å². The number of aryl methyl sites for hydroxylation is 1. The Morgan fingerprint density at radius 3 is 2.78 bits per heavy atom. The maximum absolute atomic E-state index is 11.8. The Morgan fingerprint density at radius 1 is 1.33 bits per heavy atom. The number of benzene rings is 1. The highest BCUT2D eigenvalue weighted by molar-refractivity contribution is 5.95. The third-order valence-electron chi connectivity index (χ3n) is 2.77. The number of hydrogen-bond donors (Lipinski definition) is 2. The number of amides is 1. The highest BCUT2D eigenvalue weighted by Gasteiger charge is 2.10. The number of furan rings is 1. The molecule has 4 heteroatoms. The Morgan fingerprint density at radius 2 is 2.11 bits per heavy atom. The Balaban J connectivity index is 1.88. The minimum Gasteiger partial charge on any atom is -0.508 e. The van der Waals surface area contributed by atoms with Crippen LogP contribution < -0.4 is 5.32 Å². The van der Waals surface area contributed by atoms with E-state index in [2.05, 4.69) is 5.32 Å². The van der Waals surface area contributed by atoms with Crippen molar-refractivity contribution < 1.29 is 14.3 Å². The molecule has 1 amide bonds. The molecule has 0 aliphatic carbocycles. The van der Waals surface area contributed by atoms with Gasteiger partial charge in [0.2, 0.25) is 0 Å². The molecule has 2 aromatic rings. The third kappa shape index (κ3) is 2.71.